The smallest absolute Gasteiger partial charge is 0.164 e. The number of ether oxygens (including phenoxy) is 2. The fraction of sp³-hybridized carbons (Fsp3) is 0.481. The first-order valence-corrected chi connectivity index (χ1v) is 11.7. The summed E-state index contributed by atoms with van der Waals surface area (Å²) in [6, 6.07) is 13.3. The van der Waals surface area contributed by atoms with Crippen molar-refractivity contribution in [1.29, 1.82) is 0 Å². The van der Waals surface area contributed by atoms with E-state index in [9.17, 15) is 4.39 Å². The van der Waals surface area contributed by atoms with Gasteiger partial charge in [0.2, 0.25) is 0 Å². The van der Waals surface area contributed by atoms with Crippen LogP contribution >= 0.6 is 0 Å². The molecule has 0 saturated heterocycles. The van der Waals surface area contributed by atoms with E-state index in [4.69, 9.17) is 14.6 Å². The molecule has 0 fully saturated rings. The van der Waals surface area contributed by atoms with Crippen LogP contribution in [0.5, 0.6) is 11.5 Å². The first kappa shape index (κ1) is 25.1. The van der Waals surface area contributed by atoms with Crippen LogP contribution in [-0.2, 0) is 13.0 Å². The molecule has 3 aromatic rings. The van der Waals surface area contributed by atoms with Crippen molar-refractivity contribution in [2.75, 3.05) is 26.4 Å². The Morgan fingerprint density at radius 1 is 1.06 bits per heavy atom. The minimum Gasteiger partial charge on any atom is -0.489 e. The minimum atomic E-state index is -0.338. The number of aryl methyl sites for hydroxylation is 1. The first-order valence-electron chi connectivity index (χ1n) is 11.7. The summed E-state index contributed by atoms with van der Waals surface area (Å²) in [6.45, 7) is 11.0. The van der Waals surface area contributed by atoms with E-state index in [1.807, 2.05) is 0 Å². The van der Waals surface area contributed by atoms with Crippen molar-refractivity contribution >= 4 is 10.9 Å². The van der Waals surface area contributed by atoms with Crippen molar-refractivity contribution in [3.05, 3.63) is 60.0 Å². The van der Waals surface area contributed by atoms with Crippen molar-refractivity contribution in [2.24, 2.45) is 5.41 Å². The van der Waals surface area contributed by atoms with Crippen LogP contribution in [0.1, 0.15) is 39.7 Å². The molecule has 2 N–H and O–H groups in total. The number of nitrogens with zero attached hydrogens (tertiary/aromatic N) is 1. The molecule has 1 atom stereocenters. The van der Waals surface area contributed by atoms with Gasteiger partial charge in [-0.3, -0.25) is 0 Å². The Morgan fingerprint density at radius 2 is 1.88 bits per heavy atom. The molecule has 0 amide bonds. The number of benzene rings is 2. The zero-order valence-corrected chi connectivity index (χ0v) is 20.2. The molecule has 5 nitrogen and oxygen atoms in total. The van der Waals surface area contributed by atoms with Gasteiger partial charge in [-0.25, -0.2) is 4.39 Å². The number of hydrogen-bond donors (Lipinski definition) is 2. The Labute approximate surface area is 196 Å². The lowest BCUT2D eigenvalue weighted by atomic mass is 9.99. The summed E-state index contributed by atoms with van der Waals surface area (Å²) >= 11 is 0. The molecule has 0 aliphatic heterocycles. The number of aliphatic hydroxyl groups is 1. The Kier molecular flexibility index (Phi) is 8.75. The molecule has 1 aromatic heterocycles. The monoisotopic (exact) mass is 456 g/mol. The molecule has 0 aliphatic rings. The largest absolute Gasteiger partial charge is 0.489 e. The van der Waals surface area contributed by atoms with Crippen molar-refractivity contribution in [3.8, 4) is 11.5 Å². The van der Waals surface area contributed by atoms with E-state index in [2.05, 4.69) is 68.0 Å². The number of rotatable bonds is 12. The van der Waals surface area contributed by atoms with E-state index in [1.165, 1.54) is 28.6 Å². The average Bonchev–Trinajstić information content (AvgIpc) is 3.16. The van der Waals surface area contributed by atoms with Crippen LogP contribution in [0.15, 0.2) is 48.7 Å². The lowest BCUT2D eigenvalue weighted by Gasteiger charge is -2.20. The number of hydrogen-bond acceptors (Lipinski definition) is 4. The number of nitrogens with one attached hydrogen (secondary N) is 1. The van der Waals surface area contributed by atoms with Crippen molar-refractivity contribution in [2.45, 2.75) is 53.1 Å². The quantitative estimate of drug-likeness (QED) is 0.369. The van der Waals surface area contributed by atoms with Crippen LogP contribution in [0, 0.1) is 11.2 Å². The van der Waals surface area contributed by atoms with Crippen LogP contribution in [0.2, 0.25) is 0 Å². The van der Waals surface area contributed by atoms with Gasteiger partial charge >= 0.3 is 0 Å². The molecule has 33 heavy (non-hydrogen) atoms. The van der Waals surface area contributed by atoms with E-state index < -0.39 is 0 Å². The normalized spacial score (nSPS) is 12.8. The van der Waals surface area contributed by atoms with Crippen LogP contribution in [0.3, 0.4) is 0 Å². The van der Waals surface area contributed by atoms with Gasteiger partial charge in [0, 0.05) is 43.5 Å². The maximum absolute atomic E-state index is 13.7. The zero-order chi connectivity index (χ0) is 23.8. The summed E-state index contributed by atoms with van der Waals surface area (Å²) in [5, 5.41) is 13.8. The second kappa shape index (κ2) is 11.5. The molecular formula is C27H37FN2O3. The van der Waals surface area contributed by atoms with Gasteiger partial charge in [-0.2, -0.15) is 0 Å². The zero-order valence-electron chi connectivity index (χ0n) is 20.2. The second-order valence-electron chi connectivity index (χ2n) is 9.83. The molecule has 0 bridgehead atoms. The topological polar surface area (TPSA) is 55.7 Å². The number of aromatic nitrogens is 1. The number of halogens is 1. The van der Waals surface area contributed by atoms with Gasteiger partial charge in [0.15, 0.2) is 11.5 Å². The Balaban J connectivity index is 1.48. The molecule has 3 rings (SSSR count). The third-order valence-electron chi connectivity index (χ3n) is 5.35. The molecule has 1 heterocycles. The summed E-state index contributed by atoms with van der Waals surface area (Å²) in [4.78, 5) is 0. The van der Waals surface area contributed by atoms with E-state index in [-0.39, 0.29) is 23.9 Å². The van der Waals surface area contributed by atoms with Gasteiger partial charge in [-0.05, 0) is 66.5 Å². The van der Waals surface area contributed by atoms with Crippen molar-refractivity contribution in [3.63, 3.8) is 0 Å². The van der Waals surface area contributed by atoms with Crippen molar-refractivity contribution < 1.29 is 19.0 Å². The minimum absolute atomic E-state index is 0.00764. The van der Waals surface area contributed by atoms with Gasteiger partial charge in [-0.1, -0.05) is 26.8 Å². The lowest BCUT2D eigenvalue weighted by Crippen LogP contribution is -2.31. The maximum atomic E-state index is 13.7. The highest BCUT2D eigenvalue weighted by molar-refractivity contribution is 5.80. The highest BCUT2D eigenvalue weighted by atomic mass is 19.1. The molecule has 6 heteroatoms. The molecule has 0 unspecified atom stereocenters. The van der Waals surface area contributed by atoms with Crippen LogP contribution in [0.25, 0.3) is 10.9 Å². The van der Waals surface area contributed by atoms with E-state index >= 15 is 0 Å². The molecule has 0 aliphatic carbocycles. The molecule has 180 valence electrons. The standard InChI is InChI=1S/C27H37FN2O3/c1-20(16-21-6-8-24-22(17-21)10-13-30(24)12-5-14-31)29-11-15-32-26-18-23(28)7-9-25(26)33-19-27(2,3)4/h6-10,13,17-18,20,29,31H,5,11-12,14-16,19H2,1-4H3/t20-/m1/s1. The molecular weight excluding hydrogens is 419 g/mol. The molecule has 0 spiro atoms. The van der Waals surface area contributed by atoms with Crippen molar-refractivity contribution in [1.82, 2.24) is 9.88 Å². The van der Waals surface area contributed by atoms with Crippen LogP contribution in [-0.4, -0.2) is 42.1 Å². The Bertz CT molecular complexity index is 1030. The summed E-state index contributed by atoms with van der Waals surface area (Å²) in [5.74, 6) is 0.665. The van der Waals surface area contributed by atoms with Gasteiger partial charge < -0.3 is 24.5 Å². The highest BCUT2D eigenvalue weighted by Crippen LogP contribution is 2.29. The summed E-state index contributed by atoms with van der Waals surface area (Å²) in [5.41, 5.74) is 2.47. The highest BCUT2D eigenvalue weighted by Gasteiger charge is 2.14. The summed E-state index contributed by atoms with van der Waals surface area (Å²) in [6.07, 6.45) is 3.74. The van der Waals surface area contributed by atoms with Crippen LogP contribution in [0.4, 0.5) is 4.39 Å². The fourth-order valence-electron chi connectivity index (χ4n) is 3.71. The third kappa shape index (κ3) is 7.76. The summed E-state index contributed by atoms with van der Waals surface area (Å²) < 4.78 is 27.6. The van der Waals surface area contributed by atoms with Gasteiger partial charge in [0.25, 0.3) is 0 Å². The molecule has 0 saturated carbocycles. The maximum Gasteiger partial charge on any atom is 0.164 e. The van der Waals surface area contributed by atoms with Crippen LogP contribution < -0.4 is 14.8 Å². The third-order valence-corrected chi connectivity index (χ3v) is 5.35. The van der Waals surface area contributed by atoms with Gasteiger partial charge in [-0.15, -0.1) is 0 Å². The predicted octanol–water partition coefficient (Wildman–Crippen LogP) is 5.19. The predicted molar refractivity (Wildman–Crippen MR) is 132 cm³/mol. The van der Waals surface area contributed by atoms with E-state index in [1.54, 1.807) is 6.07 Å². The van der Waals surface area contributed by atoms with E-state index in [0.29, 0.717) is 31.3 Å². The SMILES string of the molecule is C[C@H](Cc1ccc2c(ccn2CCCO)c1)NCCOc1cc(F)ccc1OCC(C)(C)C. The number of aliphatic hydroxyl groups excluding tert-OH is 1. The number of fused-ring (bicyclic) bond motifs is 1. The molecule has 2 aromatic carbocycles. The van der Waals surface area contributed by atoms with Gasteiger partial charge in [0.05, 0.1) is 6.61 Å². The lowest BCUT2D eigenvalue weighted by molar-refractivity contribution is 0.187. The van der Waals surface area contributed by atoms with Gasteiger partial charge in [0.1, 0.15) is 12.4 Å². The average molecular weight is 457 g/mol. The Hall–Kier alpha value is -2.57. The van der Waals surface area contributed by atoms with E-state index in [0.717, 1.165) is 19.4 Å². The second-order valence-corrected chi connectivity index (χ2v) is 9.83. The summed E-state index contributed by atoms with van der Waals surface area (Å²) in [7, 11) is 0. The fourth-order valence-corrected chi connectivity index (χ4v) is 3.71. The Morgan fingerprint density at radius 3 is 2.64 bits per heavy atom. The first-order chi connectivity index (χ1) is 15.7. The molecule has 0 radical (unpaired) electrons.